The summed E-state index contributed by atoms with van der Waals surface area (Å²) in [5, 5.41) is 3.02. The Kier molecular flexibility index (Phi) is 5.50. The van der Waals surface area contributed by atoms with Crippen LogP contribution in [0.4, 0.5) is 0 Å². The van der Waals surface area contributed by atoms with Gasteiger partial charge in [-0.25, -0.2) is 12.7 Å². The van der Waals surface area contributed by atoms with E-state index in [1.807, 2.05) is 6.92 Å². The van der Waals surface area contributed by atoms with Crippen LogP contribution >= 0.6 is 0 Å². The van der Waals surface area contributed by atoms with E-state index in [0.717, 1.165) is 12.8 Å². The van der Waals surface area contributed by atoms with Crippen LogP contribution in [-0.2, 0) is 19.6 Å². The topological polar surface area (TPSA) is 75.7 Å². The molecule has 22 heavy (non-hydrogen) atoms. The highest BCUT2D eigenvalue weighted by molar-refractivity contribution is 7.89. The lowest BCUT2D eigenvalue weighted by Crippen LogP contribution is -2.54. The van der Waals surface area contributed by atoms with Crippen LogP contribution in [0.25, 0.3) is 0 Å². The predicted molar refractivity (Wildman–Crippen MR) is 84.9 cm³/mol. The molecule has 0 amide bonds. The molecule has 2 heterocycles. The summed E-state index contributed by atoms with van der Waals surface area (Å²) in [5.74, 6) is 0.0468. The van der Waals surface area contributed by atoms with E-state index in [9.17, 15) is 13.2 Å². The van der Waals surface area contributed by atoms with Crippen molar-refractivity contribution >= 4 is 16.0 Å². The highest BCUT2D eigenvalue weighted by Crippen LogP contribution is 2.26. The second kappa shape index (κ2) is 6.84. The molecule has 0 unspecified atom stereocenters. The van der Waals surface area contributed by atoms with E-state index >= 15 is 0 Å². The minimum atomic E-state index is -3.20. The van der Waals surface area contributed by atoms with Gasteiger partial charge in [0, 0.05) is 25.6 Å². The van der Waals surface area contributed by atoms with E-state index in [2.05, 4.69) is 12.2 Å². The zero-order chi connectivity index (χ0) is 16.5. The normalized spacial score (nSPS) is 34.1. The number of hydrogen-bond donors (Lipinski definition) is 1. The Morgan fingerprint density at radius 3 is 2.59 bits per heavy atom. The standard InChI is InChI=1S/C15H28N2O4S/c1-5-12-9-17(22(19,20)10(2)3)7-6-13(12)16-14-8-11(4)21-15(14)18/h10-14,16H,5-9H2,1-4H3/t11-,12+,13-,14-/m0/s1. The third-order valence-corrected chi connectivity index (χ3v) is 7.00. The van der Waals surface area contributed by atoms with Crippen LogP contribution in [0.2, 0.25) is 0 Å². The fourth-order valence-corrected chi connectivity index (χ4v) is 4.67. The molecule has 7 heteroatoms. The van der Waals surface area contributed by atoms with Crippen molar-refractivity contribution < 1.29 is 17.9 Å². The van der Waals surface area contributed by atoms with Gasteiger partial charge in [-0.3, -0.25) is 4.79 Å². The Morgan fingerprint density at radius 1 is 1.41 bits per heavy atom. The van der Waals surface area contributed by atoms with Crippen LogP contribution in [-0.4, -0.2) is 55.2 Å². The molecule has 0 aromatic carbocycles. The highest BCUT2D eigenvalue weighted by atomic mass is 32.2. The van der Waals surface area contributed by atoms with Crippen molar-refractivity contribution in [2.24, 2.45) is 5.92 Å². The van der Waals surface area contributed by atoms with Gasteiger partial charge in [0.15, 0.2) is 0 Å². The van der Waals surface area contributed by atoms with Crippen molar-refractivity contribution in [1.29, 1.82) is 0 Å². The first-order valence-corrected chi connectivity index (χ1v) is 9.71. The predicted octanol–water partition coefficient (Wildman–Crippen LogP) is 1.12. The first-order valence-electron chi connectivity index (χ1n) is 8.21. The maximum Gasteiger partial charge on any atom is 0.323 e. The van der Waals surface area contributed by atoms with Crippen molar-refractivity contribution in [2.75, 3.05) is 13.1 Å². The number of sulfonamides is 1. The maximum absolute atomic E-state index is 12.3. The number of esters is 1. The molecule has 0 aromatic rings. The van der Waals surface area contributed by atoms with E-state index in [4.69, 9.17) is 4.74 Å². The molecule has 2 aliphatic heterocycles. The molecule has 0 bridgehead atoms. The Bertz CT molecular complexity index is 506. The van der Waals surface area contributed by atoms with Gasteiger partial charge in [-0.05, 0) is 33.1 Å². The number of rotatable bonds is 5. The summed E-state index contributed by atoms with van der Waals surface area (Å²) in [4.78, 5) is 11.8. The summed E-state index contributed by atoms with van der Waals surface area (Å²) < 4.78 is 31.4. The molecule has 128 valence electrons. The van der Waals surface area contributed by atoms with E-state index in [-0.39, 0.29) is 35.3 Å². The van der Waals surface area contributed by atoms with Gasteiger partial charge >= 0.3 is 5.97 Å². The van der Waals surface area contributed by atoms with Crippen molar-refractivity contribution in [2.45, 2.75) is 70.4 Å². The minimum Gasteiger partial charge on any atom is -0.461 e. The number of hydrogen-bond acceptors (Lipinski definition) is 5. The van der Waals surface area contributed by atoms with Gasteiger partial charge in [0.05, 0.1) is 5.25 Å². The van der Waals surface area contributed by atoms with Crippen LogP contribution in [0.1, 0.15) is 47.0 Å². The molecule has 0 spiro atoms. The second-order valence-electron chi connectivity index (χ2n) is 6.72. The number of nitrogens with zero attached hydrogens (tertiary/aromatic N) is 1. The number of carbonyl (C=O) groups excluding carboxylic acids is 1. The van der Waals surface area contributed by atoms with Crippen molar-refractivity contribution in [3.63, 3.8) is 0 Å². The monoisotopic (exact) mass is 332 g/mol. The summed E-state index contributed by atoms with van der Waals surface area (Å²) in [6.07, 6.45) is 2.29. The smallest absolute Gasteiger partial charge is 0.323 e. The van der Waals surface area contributed by atoms with Crippen LogP contribution in [0.15, 0.2) is 0 Å². The quantitative estimate of drug-likeness (QED) is 0.764. The van der Waals surface area contributed by atoms with E-state index < -0.39 is 10.0 Å². The molecule has 2 aliphatic rings. The fourth-order valence-electron chi connectivity index (χ4n) is 3.31. The molecular formula is C15H28N2O4S. The number of piperidine rings is 1. The highest BCUT2D eigenvalue weighted by Gasteiger charge is 2.39. The van der Waals surface area contributed by atoms with Crippen LogP contribution in [0.3, 0.4) is 0 Å². The summed E-state index contributed by atoms with van der Waals surface area (Å²) in [7, 11) is -3.20. The average Bonchev–Trinajstić information content (AvgIpc) is 2.76. The van der Waals surface area contributed by atoms with Crippen molar-refractivity contribution in [3.05, 3.63) is 0 Å². The van der Waals surface area contributed by atoms with Gasteiger partial charge < -0.3 is 10.1 Å². The maximum atomic E-state index is 12.3. The Morgan fingerprint density at radius 2 is 2.09 bits per heavy atom. The van der Waals surface area contributed by atoms with E-state index in [1.165, 1.54) is 0 Å². The largest absolute Gasteiger partial charge is 0.461 e. The SMILES string of the molecule is CC[C@@H]1CN(S(=O)(=O)C(C)C)CC[C@@H]1N[C@H]1C[C@H](C)OC1=O. The van der Waals surface area contributed by atoms with Crippen molar-refractivity contribution in [3.8, 4) is 0 Å². The van der Waals surface area contributed by atoms with Crippen LogP contribution in [0, 0.1) is 5.92 Å². The van der Waals surface area contributed by atoms with Gasteiger partial charge in [-0.1, -0.05) is 13.3 Å². The number of cyclic esters (lactones) is 1. The first kappa shape index (κ1) is 17.7. The molecule has 2 rings (SSSR count). The van der Waals surface area contributed by atoms with Gasteiger partial charge in [0.2, 0.25) is 10.0 Å². The summed E-state index contributed by atoms with van der Waals surface area (Å²) >= 11 is 0. The molecule has 6 nitrogen and oxygen atoms in total. The molecule has 0 aromatic heterocycles. The van der Waals surface area contributed by atoms with Gasteiger partial charge in [-0.2, -0.15) is 0 Å². The van der Waals surface area contributed by atoms with Gasteiger partial charge in [-0.15, -0.1) is 0 Å². The molecule has 2 fully saturated rings. The van der Waals surface area contributed by atoms with Gasteiger partial charge in [0.1, 0.15) is 12.1 Å². The lowest BCUT2D eigenvalue weighted by molar-refractivity contribution is -0.142. The Balaban J connectivity index is 2.00. The number of ether oxygens (including phenoxy) is 1. The lowest BCUT2D eigenvalue weighted by atomic mass is 9.90. The average molecular weight is 332 g/mol. The molecule has 0 radical (unpaired) electrons. The van der Waals surface area contributed by atoms with E-state index in [0.29, 0.717) is 19.5 Å². The second-order valence-corrected chi connectivity index (χ2v) is 9.21. The summed E-state index contributed by atoms with van der Waals surface area (Å²) in [5.41, 5.74) is 0. The number of carbonyl (C=O) groups is 1. The van der Waals surface area contributed by atoms with E-state index in [1.54, 1.807) is 18.2 Å². The Hall–Kier alpha value is -0.660. The van der Waals surface area contributed by atoms with Crippen LogP contribution in [0.5, 0.6) is 0 Å². The summed E-state index contributed by atoms with van der Waals surface area (Å²) in [6, 6.07) is -0.0752. The third kappa shape index (κ3) is 3.63. The fraction of sp³-hybridized carbons (Fsp3) is 0.933. The Labute approximate surface area is 133 Å². The van der Waals surface area contributed by atoms with Crippen molar-refractivity contribution in [1.82, 2.24) is 9.62 Å². The lowest BCUT2D eigenvalue weighted by Gasteiger charge is -2.39. The first-order chi connectivity index (χ1) is 10.3. The third-order valence-electron chi connectivity index (χ3n) is 4.76. The summed E-state index contributed by atoms with van der Waals surface area (Å²) in [6.45, 7) is 8.46. The molecule has 4 atom stereocenters. The molecular weight excluding hydrogens is 304 g/mol. The van der Waals surface area contributed by atoms with Gasteiger partial charge in [0.25, 0.3) is 0 Å². The zero-order valence-electron chi connectivity index (χ0n) is 13.9. The molecule has 0 saturated carbocycles. The van der Waals surface area contributed by atoms with Crippen LogP contribution < -0.4 is 5.32 Å². The zero-order valence-corrected chi connectivity index (χ0v) is 14.7. The molecule has 0 aliphatic carbocycles. The molecule has 1 N–H and O–H groups in total. The minimum absolute atomic E-state index is 0.0357. The molecule has 2 saturated heterocycles. The number of nitrogens with one attached hydrogen (secondary N) is 1.